The lowest BCUT2D eigenvalue weighted by Gasteiger charge is -2.33. The lowest BCUT2D eigenvalue weighted by atomic mass is 9.89. The van der Waals surface area contributed by atoms with Gasteiger partial charge in [-0.25, -0.2) is 4.79 Å². The molecule has 1 atom stereocenters. The van der Waals surface area contributed by atoms with Crippen molar-refractivity contribution < 1.29 is 15.0 Å². The topological polar surface area (TPSA) is 60.8 Å². The number of hydrogen-bond acceptors (Lipinski definition) is 3. The molecule has 0 amide bonds. The first-order valence-corrected chi connectivity index (χ1v) is 6.87. The maximum absolute atomic E-state index is 11.0. The fourth-order valence-corrected chi connectivity index (χ4v) is 2.75. The van der Waals surface area contributed by atoms with Gasteiger partial charge in [0, 0.05) is 19.7 Å². The standard InChI is InChI=1S/C15H21NO3/c17-9-3-8-16-7-2-6-14(11-16)12-4-1-5-13(10-12)15(18)19/h1,4-5,10,14,17H,2-3,6-9,11H2,(H,18,19). The van der Waals surface area contributed by atoms with E-state index < -0.39 is 5.97 Å². The smallest absolute Gasteiger partial charge is 0.335 e. The summed E-state index contributed by atoms with van der Waals surface area (Å²) in [5, 5.41) is 17.9. The minimum Gasteiger partial charge on any atom is -0.478 e. The Kier molecular flexibility index (Phi) is 4.93. The molecule has 1 saturated heterocycles. The van der Waals surface area contributed by atoms with E-state index in [0.29, 0.717) is 11.5 Å². The van der Waals surface area contributed by atoms with Crippen LogP contribution in [0.3, 0.4) is 0 Å². The summed E-state index contributed by atoms with van der Waals surface area (Å²) >= 11 is 0. The van der Waals surface area contributed by atoms with Crippen LogP contribution in [0, 0.1) is 0 Å². The van der Waals surface area contributed by atoms with Gasteiger partial charge in [0.15, 0.2) is 0 Å². The predicted molar refractivity (Wildman–Crippen MR) is 73.5 cm³/mol. The van der Waals surface area contributed by atoms with Crippen LogP contribution in [0.25, 0.3) is 0 Å². The predicted octanol–water partition coefficient (Wildman–Crippen LogP) is 1.95. The lowest BCUT2D eigenvalue weighted by Crippen LogP contribution is -2.35. The fourth-order valence-electron chi connectivity index (χ4n) is 2.75. The number of rotatable bonds is 5. The Bertz CT molecular complexity index is 433. The largest absolute Gasteiger partial charge is 0.478 e. The molecule has 1 aromatic carbocycles. The first kappa shape index (κ1) is 14.0. The summed E-state index contributed by atoms with van der Waals surface area (Å²) in [4.78, 5) is 13.4. The highest BCUT2D eigenvalue weighted by Crippen LogP contribution is 2.27. The number of nitrogens with zero attached hydrogens (tertiary/aromatic N) is 1. The quantitative estimate of drug-likeness (QED) is 0.852. The van der Waals surface area contributed by atoms with Gasteiger partial charge in [-0.05, 0) is 49.4 Å². The summed E-state index contributed by atoms with van der Waals surface area (Å²) in [5.41, 5.74) is 1.48. The van der Waals surface area contributed by atoms with Crippen molar-refractivity contribution in [2.75, 3.05) is 26.2 Å². The number of hydrogen-bond donors (Lipinski definition) is 2. The van der Waals surface area contributed by atoms with Gasteiger partial charge >= 0.3 is 5.97 Å². The van der Waals surface area contributed by atoms with Crippen molar-refractivity contribution in [3.05, 3.63) is 35.4 Å². The average Bonchev–Trinajstić information content (AvgIpc) is 2.45. The third-order valence-corrected chi connectivity index (χ3v) is 3.74. The van der Waals surface area contributed by atoms with Crippen LogP contribution in [-0.2, 0) is 0 Å². The zero-order chi connectivity index (χ0) is 13.7. The Balaban J connectivity index is 2.04. The van der Waals surface area contributed by atoms with E-state index in [0.717, 1.165) is 44.5 Å². The van der Waals surface area contributed by atoms with Gasteiger partial charge in [-0.15, -0.1) is 0 Å². The fraction of sp³-hybridized carbons (Fsp3) is 0.533. The molecule has 1 fully saturated rings. The van der Waals surface area contributed by atoms with Crippen LogP contribution >= 0.6 is 0 Å². The molecule has 4 heteroatoms. The third-order valence-electron chi connectivity index (χ3n) is 3.74. The second-order valence-electron chi connectivity index (χ2n) is 5.15. The molecular formula is C15H21NO3. The monoisotopic (exact) mass is 263 g/mol. The van der Waals surface area contributed by atoms with Crippen molar-refractivity contribution in [1.29, 1.82) is 0 Å². The molecule has 1 unspecified atom stereocenters. The number of likely N-dealkylation sites (tertiary alicyclic amines) is 1. The Hall–Kier alpha value is -1.39. The first-order valence-electron chi connectivity index (χ1n) is 6.87. The normalized spacial score (nSPS) is 20.4. The highest BCUT2D eigenvalue weighted by molar-refractivity contribution is 5.87. The first-order chi connectivity index (χ1) is 9.20. The van der Waals surface area contributed by atoms with E-state index in [1.165, 1.54) is 0 Å². The van der Waals surface area contributed by atoms with Gasteiger partial charge in [-0.3, -0.25) is 0 Å². The number of aliphatic hydroxyl groups is 1. The summed E-state index contributed by atoms with van der Waals surface area (Å²) in [6.45, 7) is 3.19. The van der Waals surface area contributed by atoms with Crippen LogP contribution in [0.4, 0.5) is 0 Å². The molecule has 0 spiro atoms. The SMILES string of the molecule is O=C(O)c1cccc(C2CCCN(CCCO)C2)c1. The summed E-state index contributed by atoms with van der Waals surface area (Å²) in [5.74, 6) is -0.457. The highest BCUT2D eigenvalue weighted by Gasteiger charge is 2.21. The Morgan fingerprint density at radius 3 is 3.00 bits per heavy atom. The van der Waals surface area contributed by atoms with Gasteiger partial charge in [0.2, 0.25) is 0 Å². The second-order valence-corrected chi connectivity index (χ2v) is 5.15. The molecule has 19 heavy (non-hydrogen) atoms. The molecule has 1 heterocycles. The second kappa shape index (κ2) is 6.68. The van der Waals surface area contributed by atoms with Crippen molar-refractivity contribution in [3.8, 4) is 0 Å². The van der Waals surface area contributed by atoms with Crippen LogP contribution in [0.5, 0.6) is 0 Å². The van der Waals surface area contributed by atoms with Gasteiger partial charge in [0.1, 0.15) is 0 Å². The molecule has 0 saturated carbocycles. The van der Waals surface area contributed by atoms with Gasteiger partial charge in [-0.1, -0.05) is 12.1 Å². The van der Waals surface area contributed by atoms with E-state index >= 15 is 0 Å². The van der Waals surface area contributed by atoms with Crippen molar-refractivity contribution in [2.45, 2.75) is 25.2 Å². The molecule has 1 aromatic rings. The highest BCUT2D eigenvalue weighted by atomic mass is 16.4. The number of aromatic carboxylic acids is 1. The number of piperidine rings is 1. The summed E-state index contributed by atoms with van der Waals surface area (Å²) in [6.07, 6.45) is 3.05. The molecule has 2 rings (SSSR count). The molecule has 1 aliphatic heterocycles. The number of carbonyl (C=O) groups is 1. The zero-order valence-electron chi connectivity index (χ0n) is 11.1. The Morgan fingerprint density at radius 1 is 1.42 bits per heavy atom. The summed E-state index contributed by atoms with van der Waals surface area (Å²) < 4.78 is 0. The van der Waals surface area contributed by atoms with Crippen LogP contribution < -0.4 is 0 Å². The molecule has 0 radical (unpaired) electrons. The van der Waals surface area contributed by atoms with Crippen molar-refractivity contribution >= 4 is 5.97 Å². The third kappa shape index (κ3) is 3.78. The summed E-state index contributed by atoms with van der Waals surface area (Å²) in [6, 6.07) is 7.28. The Labute approximate surface area is 113 Å². The molecule has 4 nitrogen and oxygen atoms in total. The summed E-state index contributed by atoms with van der Waals surface area (Å²) in [7, 11) is 0. The molecule has 0 aliphatic carbocycles. The van der Waals surface area contributed by atoms with Gasteiger partial charge in [0.05, 0.1) is 5.56 Å². The molecular weight excluding hydrogens is 242 g/mol. The van der Waals surface area contributed by atoms with Crippen LogP contribution in [0.15, 0.2) is 24.3 Å². The average molecular weight is 263 g/mol. The van der Waals surface area contributed by atoms with Gasteiger partial charge in [0.25, 0.3) is 0 Å². The van der Waals surface area contributed by atoms with Crippen molar-refractivity contribution in [3.63, 3.8) is 0 Å². The Morgan fingerprint density at radius 2 is 2.26 bits per heavy atom. The van der Waals surface area contributed by atoms with Crippen molar-refractivity contribution in [1.82, 2.24) is 4.90 Å². The van der Waals surface area contributed by atoms with Crippen LogP contribution in [-0.4, -0.2) is 47.3 Å². The van der Waals surface area contributed by atoms with E-state index in [1.54, 1.807) is 12.1 Å². The maximum atomic E-state index is 11.0. The zero-order valence-corrected chi connectivity index (χ0v) is 11.1. The minimum absolute atomic E-state index is 0.232. The van der Waals surface area contributed by atoms with Crippen molar-refractivity contribution in [2.24, 2.45) is 0 Å². The number of aliphatic hydroxyl groups excluding tert-OH is 1. The lowest BCUT2D eigenvalue weighted by molar-refractivity contribution is 0.0696. The van der Waals surface area contributed by atoms with E-state index in [4.69, 9.17) is 10.2 Å². The number of carboxylic acid groups (broad SMARTS) is 1. The molecule has 0 bridgehead atoms. The van der Waals surface area contributed by atoms with Gasteiger partial charge in [-0.2, -0.15) is 0 Å². The number of benzene rings is 1. The van der Waals surface area contributed by atoms with E-state index in [1.807, 2.05) is 12.1 Å². The van der Waals surface area contributed by atoms with Gasteiger partial charge < -0.3 is 15.1 Å². The van der Waals surface area contributed by atoms with Crippen LogP contribution in [0.1, 0.15) is 41.1 Å². The number of carboxylic acids is 1. The van der Waals surface area contributed by atoms with Crippen LogP contribution in [0.2, 0.25) is 0 Å². The molecule has 2 N–H and O–H groups in total. The minimum atomic E-state index is -0.866. The molecule has 104 valence electrons. The van der Waals surface area contributed by atoms with E-state index in [9.17, 15) is 4.79 Å². The molecule has 0 aromatic heterocycles. The maximum Gasteiger partial charge on any atom is 0.335 e. The van der Waals surface area contributed by atoms with E-state index in [2.05, 4.69) is 4.90 Å². The van der Waals surface area contributed by atoms with E-state index in [-0.39, 0.29) is 6.61 Å². The molecule has 1 aliphatic rings.